The molecular formula is C16H25NS. The van der Waals surface area contributed by atoms with E-state index in [1.165, 1.54) is 41.7 Å². The number of thioether (sulfide) groups is 1. The molecule has 2 rings (SSSR count). The molecule has 0 bridgehead atoms. The van der Waals surface area contributed by atoms with Crippen molar-refractivity contribution >= 4 is 11.8 Å². The van der Waals surface area contributed by atoms with Crippen LogP contribution in [0.3, 0.4) is 0 Å². The summed E-state index contributed by atoms with van der Waals surface area (Å²) >= 11 is 2.14. The van der Waals surface area contributed by atoms with E-state index in [0.717, 1.165) is 11.8 Å². The molecule has 1 fully saturated rings. The molecule has 0 aromatic heterocycles. The van der Waals surface area contributed by atoms with Crippen LogP contribution in [-0.2, 0) is 0 Å². The van der Waals surface area contributed by atoms with E-state index in [2.05, 4.69) is 56.0 Å². The minimum atomic E-state index is 0.464. The summed E-state index contributed by atoms with van der Waals surface area (Å²) in [6.45, 7) is 7.79. The standard InChI is InChI=1S/C16H25NS/c1-12-8-13(2)10-15(9-12)14(3)17-11-16-6-4-5-7-18-16/h8-10,14,16-17H,4-7,11H2,1-3H3. The fourth-order valence-corrected chi connectivity index (χ4v) is 3.91. The summed E-state index contributed by atoms with van der Waals surface area (Å²) in [6, 6.07) is 7.32. The van der Waals surface area contributed by atoms with E-state index in [-0.39, 0.29) is 0 Å². The molecule has 2 unspecified atom stereocenters. The first-order valence-electron chi connectivity index (χ1n) is 7.08. The predicted octanol–water partition coefficient (Wildman–Crippen LogP) is 4.24. The van der Waals surface area contributed by atoms with Crippen molar-refractivity contribution < 1.29 is 0 Å². The molecule has 1 heterocycles. The van der Waals surface area contributed by atoms with Gasteiger partial charge in [-0.15, -0.1) is 0 Å². The van der Waals surface area contributed by atoms with Crippen molar-refractivity contribution in [3.8, 4) is 0 Å². The second-order valence-corrected chi connectivity index (χ2v) is 6.95. The largest absolute Gasteiger partial charge is 0.309 e. The highest BCUT2D eigenvalue weighted by atomic mass is 32.2. The Balaban J connectivity index is 1.88. The fraction of sp³-hybridized carbons (Fsp3) is 0.625. The van der Waals surface area contributed by atoms with Crippen LogP contribution < -0.4 is 5.32 Å². The van der Waals surface area contributed by atoms with Crippen LogP contribution in [0, 0.1) is 13.8 Å². The molecule has 0 saturated carbocycles. The maximum Gasteiger partial charge on any atom is 0.0292 e. The van der Waals surface area contributed by atoms with Gasteiger partial charge in [0.2, 0.25) is 0 Å². The van der Waals surface area contributed by atoms with Crippen LogP contribution in [0.5, 0.6) is 0 Å². The second kappa shape index (κ2) is 6.63. The molecule has 100 valence electrons. The van der Waals surface area contributed by atoms with Gasteiger partial charge in [0.25, 0.3) is 0 Å². The number of nitrogens with one attached hydrogen (secondary N) is 1. The summed E-state index contributed by atoms with van der Waals surface area (Å²) in [4.78, 5) is 0. The van der Waals surface area contributed by atoms with Gasteiger partial charge in [-0.1, -0.05) is 35.7 Å². The van der Waals surface area contributed by atoms with Crippen LogP contribution in [0.2, 0.25) is 0 Å². The van der Waals surface area contributed by atoms with Crippen molar-refractivity contribution in [2.75, 3.05) is 12.3 Å². The highest BCUT2D eigenvalue weighted by Gasteiger charge is 2.15. The lowest BCUT2D eigenvalue weighted by atomic mass is 10.0. The van der Waals surface area contributed by atoms with E-state index in [9.17, 15) is 0 Å². The Kier molecular flexibility index (Phi) is 5.13. The monoisotopic (exact) mass is 263 g/mol. The fourth-order valence-electron chi connectivity index (χ4n) is 2.65. The number of benzene rings is 1. The van der Waals surface area contributed by atoms with Gasteiger partial charge in [-0.3, -0.25) is 0 Å². The van der Waals surface area contributed by atoms with E-state index in [1.54, 1.807) is 0 Å². The zero-order valence-electron chi connectivity index (χ0n) is 11.8. The Labute approximate surface area is 116 Å². The van der Waals surface area contributed by atoms with E-state index in [1.807, 2.05) is 0 Å². The summed E-state index contributed by atoms with van der Waals surface area (Å²) in [7, 11) is 0. The molecule has 0 radical (unpaired) electrons. The van der Waals surface area contributed by atoms with Crippen molar-refractivity contribution in [2.45, 2.75) is 51.3 Å². The SMILES string of the molecule is Cc1cc(C)cc(C(C)NCC2CCCCS2)c1. The topological polar surface area (TPSA) is 12.0 Å². The highest BCUT2D eigenvalue weighted by molar-refractivity contribution is 7.99. The van der Waals surface area contributed by atoms with Crippen molar-refractivity contribution in [1.82, 2.24) is 5.32 Å². The lowest BCUT2D eigenvalue weighted by Crippen LogP contribution is -2.29. The van der Waals surface area contributed by atoms with Gasteiger partial charge in [-0.05, 0) is 44.9 Å². The Bertz CT molecular complexity index is 362. The van der Waals surface area contributed by atoms with Crippen molar-refractivity contribution in [2.24, 2.45) is 0 Å². The van der Waals surface area contributed by atoms with E-state index in [0.29, 0.717) is 6.04 Å². The van der Waals surface area contributed by atoms with Gasteiger partial charge < -0.3 is 5.32 Å². The van der Waals surface area contributed by atoms with Gasteiger partial charge in [-0.25, -0.2) is 0 Å². The van der Waals surface area contributed by atoms with Crippen LogP contribution in [0.4, 0.5) is 0 Å². The molecule has 1 N–H and O–H groups in total. The first-order chi connectivity index (χ1) is 8.65. The average molecular weight is 263 g/mol. The maximum absolute atomic E-state index is 3.70. The second-order valence-electron chi connectivity index (χ2n) is 5.54. The molecular weight excluding hydrogens is 238 g/mol. The van der Waals surface area contributed by atoms with Crippen LogP contribution in [0.1, 0.15) is 48.9 Å². The van der Waals surface area contributed by atoms with Gasteiger partial charge >= 0.3 is 0 Å². The summed E-state index contributed by atoms with van der Waals surface area (Å²) in [5.74, 6) is 1.35. The average Bonchev–Trinajstić information content (AvgIpc) is 2.36. The number of rotatable bonds is 4. The first kappa shape index (κ1) is 14.0. The van der Waals surface area contributed by atoms with Crippen LogP contribution in [-0.4, -0.2) is 17.5 Å². The summed E-state index contributed by atoms with van der Waals surface area (Å²) < 4.78 is 0. The third-order valence-electron chi connectivity index (χ3n) is 3.67. The maximum atomic E-state index is 3.70. The smallest absolute Gasteiger partial charge is 0.0292 e. The van der Waals surface area contributed by atoms with Gasteiger partial charge in [0.1, 0.15) is 0 Å². The lowest BCUT2D eigenvalue weighted by Gasteiger charge is -2.24. The van der Waals surface area contributed by atoms with Crippen LogP contribution >= 0.6 is 11.8 Å². The Morgan fingerprint density at radius 1 is 1.22 bits per heavy atom. The number of hydrogen-bond acceptors (Lipinski definition) is 2. The lowest BCUT2D eigenvalue weighted by molar-refractivity contribution is 0.538. The van der Waals surface area contributed by atoms with Gasteiger partial charge in [0.15, 0.2) is 0 Å². The molecule has 1 saturated heterocycles. The normalized spacial score (nSPS) is 21.8. The molecule has 1 aliphatic rings. The zero-order chi connectivity index (χ0) is 13.0. The molecule has 1 nitrogen and oxygen atoms in total. The Hall–Kier alpha value is -0.470. The predicted molar refractivity (Wildman–Crippen MR) is 82.4 cm³/mol. The summed E-state index contributed by atoms with van der Waals surface area (Å²) in [6.07, 6.45) is 4.21. The quantitative estimate of drug-likeness (QED) is 0.872. The van der Waals surface area contributed by atoms with E-state index >= 15 is 0 Å². The number of hydrogen-bond donors (Lipinski definition) is 1. The third kappa shape index (κ3) is 4.03. The van der Waals surface area contributed by atoms with E-state index < -0.39 is 0 Å². The van der Waals surface area contributed by atoms with Gasteiger partial charge in [-0.2, -0.15) is 11.8 Å². The minimum absolute atomic E-state index is 0.464. The molecule has 0 spiro atoms. The number of aryl methyl sites for hydroxylation is 2. The van der Waals surface area contributed by atoms with E-state index in [4.69, 9.17) is 0 Å². The molecule has 1 aromatic rings. The Morgan fingerprint density at radius 2 is 1.94 bits per heavy atom. The van der Waals surface area contributed by atoms with Crippen LogP contribution in [0.25, 0.3) is 0 Å². The highest BCUT2D eigenvalue weighted by Crippen LogP contribution is 2.25. The Morgan fingerprint density at radius 3 is 2.56 bits per heavy atom. The van der Waals surface area contributed by atoms with Crippen molar-refractivity contribution in [1.29, 1.82) is 0 Å². The zero-order valence-corrected chi connectivity index (χ0v) is 12.6. The van der Waals surface area contributed by atoms with Crippen molar-refractivity contribution in [3.05, 3.63) is 34.9 Å². The molecule has 2 atom stereocenters. The summed E-state index contributed by atoms with van der Waals surface area (Å²) in [5, 5.41) is 4.53. The van der Waals surface area contributed by atoms with Crippen LogP contribution in [0.15, 0.2) is 18.2 Å². The molecule has 2 heteroatoms. The first-order valence-corrected chi connectivity index (χ1v) is 8.13. The third-order valence-corrected chi connectivity index (χ3v) is 5.07. The van der Waals surface area contributed by atoms with Gasteiger partial charge in [0.05, 0.1) is 0 Å². The van der Waals surface area contributed by atoms with Crippen molar-refractivity contribution in [3.63, 3.8) is 0 Å². The molecule has 1 aliphatic heterocycles. The summed E-state index contributed by atoms with van der Waals surface area (Å²) in [5.41, 5.74) is 4.16. The minimum Gasteiger partial charge on any atom is -0.309 e. The molecule has 0 amide bonds. The molecule has 1 aromatic carbocycles. The van der Waals surface area contributed by atoms with Gasteiger partial charge in [0, 0.05) is 17.8 Å². The molecule has 18 heavy (non-hydrogen) atoms. The molecule has 0 aliphatic carbocycles.